The van der Waals surface area contributed by atoms with Gasteiger partial charge in [-0.3, -0.25) is 0 Å². The number of rotatable bonds is 1. The molecule has 0 saturated carbocycles. The van der Waals surface area contributed by atoms with Gasteiger partial charge in [0.25, 0.3) is 0 Å². The molecule has 0 fully saturated rings. The van der Waals surface area contributed by atoms with E-state index in [2.05, 4.69) is 4.74 Å². The Balaban J connectivity index is 0. The van der Waals surface area contributed by atoms with E-state index in [1.165, 1.54) is 0 Å². The SMILES string of the molecule is COCN.O=C(O)C(=O)O. The van der Waals surface area contributed by atoms with Crippen LogP contribution in [0.1, 0.15) is 0 Å². The summed E-state index contributed by atoms with van der Waals surface area (Å²) in [5.74, 6) is -3.65. The summed E-state index contributed by atoms with van der Waals surface area (Å²) in [5, 5.41) is 14.8. The molecule has 0 aliphatic heterocycles. The quantitative estimate of drug-likeness (QED) is 0.317. The van der Waals surface area contributed by atoms with E-state index in [1.54, 1.807) is 7.11 Å². The van der Waals surface area contributed by atoms with Crippen LogP contribution >= 0.6 is 0 Å². The maximum Gasteiger partial charge on any atom is 0.414 e. The maximum absolute atomic E-state index is 9.10. The predicted octanol–water partition coefficient (Wildman–Crippen LogP) is -1.30. The normalized spacial score (nSPS) is 7.40. The van der Waals surface area contributed by atoms with Crippen molar-refractivity contribution in [1.82, 2.24) is 0 Å². The monoisotopic (exact) mass is 151 g/mol. The third kappa shape index (κ3) is 15.8. The van der Waals surface area contributed by atoms with E-state index in [0.717, 1.165) is 0 Å². The van der Waals surface area contributed by atoms with Crippen molar-refractivity contribution in [2.75, 3.05) is 13.8 Å². The summed E-state index contributed by atoms with van der Waals surface area (Å²) in [6.45, 7) is 0.319. The van der Waals surface area contributed by atoms with Gasteiger partial charge in [-0.05, 0) is 0 Å². The zero-order valence-corrected chi connectivity index (χ0v) is 5.40. The van der Waals surface area contributed by atoms with Crippen LogP contribution in [-0.2, 0) is 14.3 Å². The molecule has 0 aromatic carbocycles. The topological polar surface area (TPSA) is 110 Å². The summed E-state index contributed by atoms with van der Waals surface area (Å²) >= 11 is 0. The van der Waals surface area contributed by atoms with Crippen LogP contribution in [0.3, 0.4) is 0 Å². The minimum absolute atomic E-state index is 0.319. The second-order valence-corrected chi connectivity index (χ2v) is 1.07. The van der Waals surface area contributed by atoms with E-state index in [4.69, 9.17) is 25.5 Å². The Labute approximate surface area is 57.2 Å². The summed E-state index contributed by atoms with van der Waals surface area (Å²) in [7, 11) is 1.56. The molecule has 0 heterocycles. The molecule has 0 rings (SSSR count). The van der Waals surface area contributed by atoms with Crippen LogP contribution in [-0.4, -0.2) is 36.0 Å². The van der Waals surface area contributed by atoms with Gasteiger partial charge in [-0.25, -0.2) is 9.59 Å². The van der Waals surface area contributed by atoms with Crippen LogP contribution in [0.5, 0.6) is 0 Å². The fourth-order valence-electron chi connectivity index (χ4n) is 0. The predicted molar refractivity (Wildman–Crippen MR) is 31.3 cm³/mol. The number of carboxylic acid groups (broad SMARTS) is 2. The van der Waals surface area contributed by atoms with Crippen molar-refractivity contribution in [1.29, 1.82) is 0 Å². The Morgan fingerprint density at radius 3 is 1.60 bits per heavy atom. The first-order valence-corrected chi connectivity index (χ1v) is 2.21. The van der Waals surface area contributed by atoms with Gasteiger partial charge in [-0.15, -0.1) is 0 Å². The molecular formula is C4H9NO5. The van der Waals surface area contributed by atoms with Gasteiger partial charge in [0.2, 0.25) is 0 Å². The van der Waals surface area contributed by atoms with Crippen molar-refractivity contribution >= 4 is 11.9 Å². The highest BCUT2D eigenvalue weighted by molar-refractivity contribution is 6.27. The van der Waals surface area contributed by atoms with Crippen molar-refractivity contribution in [3.63, 3.8) is 0 Å². The molecule has 0 aromatic rings. The maximum atomic E-state index is 9.10. The lowest BCUT2D eigenvalue weighted by Crippen LogP contribution is -2.09. The van der Waals surface area contributed by atoms with E-state index < -0.39 is 11.9 Å². The standard InChI is InChI=1S/C2H7NO.C2H2O4/c1-4-2-3;3-1(4)2(5)6/h2-3H2,1H3;(H,3,4)(H,5,6). The van der Waals surface area contributed by atoms with Gasteiger partial charge in [-0.1, -0.05) is 0 Å². The van der Waals surface area contributed by atoms with Crippen LogP contribution in [0.2, 0.25) is 0 Å². The first kappa shape index (κ1) is 11.6. The number of carbonyl (C=O) groups is 2. The zero-order valence-electron chi connectivity index (χ0n) is 5.40. The average molecular weight is 151 g/mol. The van der Waals surface area contributed by atoms with Crippen LogP contribution in [0.25, 0.3) is 0 Å². The minimum atomic E-state index is -1.82. The third-order valence-electron chi connectivity index (χ3n) is 0.350. The molecule has 0 unspecified atom stereocenters. The summed E-state index contributed by atoms with van der Waals surface area (Å²) in [6.07, 6.45) is 0. The molecule has 0 aliphatic carbocycles. The number of methoxy groups -OCH3 is 1. The van der Waals surface area contributed by atoms with E-state index in [0.29, 0.717) is 6.73 Å². The summed E-state index contributed by atoms with van der Waals surface area (Å²) in [6, 6.07) is 0. The molecule has 0 radical (unpaired) electrons. The highest BCUT2D eigenvalue weighted by Crippen LogP contribution is 1.56. The van der Waals surface area contributed by atoms with Crippen molar-refractivity contribution in [3.8, 4) is 0 Å². The highest BCUT2D eigenvalue weighted by atomic mass is 16.5. The largest absolute Gasteiger partial charge is 0.473 e. The lowest BCUT2D eigenvalue weighted by atomic mass is 10.7. The molecule has 6 nitrogen and oxygen atoms in total. The second-order valence-electron chi connectivity index (χ2n) is 1.07. The second kappa shape index (κ2) is 7.86. The van der Waals surface area contributed by atoms with Gasteiger partial charge >= 0.3 is 11.9 Å². The number of hydrogen-bond donors (Lipinski definition) is 3. The molecule has 10 heavy (non-hydrogen) atoms. The number of nitrogens with two attached hydrogens (primary N) is 1. The molecule has 0 aromatic heterocycles. The van der Waals surface area contributed by atoms with Gasteiger partial charge in [-0.2, -0.15) is 0 Å². The molecule has 0 aliphatic rings. The molecule has 0 spiro atoms. The number of carboxylic acids is 2. The summed E-state index contributed by atoms with van der Waals surface area (Å²) in [5.41, 5.74) is 4.81. The first-order chi connectivity index (χ1) is 4.56. The molecule has 6 heteroatoms. The van der Waals surface area contributed by atoms with Crippen molar-refractivity contribution in [2.24, 2.45) is 5.73 Å². The summed E-state index contributed by atoms with van der Waals surface area (Å²) in [4.78, 5) is 18.2. The average Bonchev–Trinajstić information content (AvgIpc) is 1.89. The molecule has 4 N–H and O–H groups in total. The van der Waals surface area contributed by atoms with Crippen LogP contribution < -0.4 is 5.73 Å². The van der Waals surface area contributed by atoms with Gasteiger partial charge in [0.15, 0.2) is 0 Å². The zero-order chi connectivity index (χ0) is 8.57. The van der Waals surface area contributed by atoms with Crippen molar-refractivity contribution in [3.05, 3.63) is 0 Å². The fourth-order valence-corrected chi connectivity index (χ4v) is 0. The highest BCUT2D eigenvalue weighted by Gasteiger charge is 2.04. The number of ether oxygens (including phenoxy) is 1. The van der Waals surface area contributed by atoms with Crippen LogP contribution in [0.4, 0.5) is 0 Å². The molecule has 60 valence electrons. The lowest BCUT2D eigenvalue weighted by Gasteiger charge is -1.77. The van der Waals surface area contributed by atoms with Gasteiger partial charge in [0.05, 0.1) is 6.73 Å². The first-order valence-electron chi connectivity index (χ1n) is 2.21. The Morgan fingerprint density at radius 1 is 1.40 bits per heavy atom. The number of aliphatic carboxylic acids is 2. The van der Waals surface area contributed by atoms with E-state index in [1.807, 2.05) is 0 Å². The lowest BCUT2D eigenvalue weighted by molar-refractivity contribution is -0.159. The van der Waals surface area contributed by atoms with Crippen LogP contribution in [0.15, 0.2) is 0 Å². The smallest absolute Gasteiger partial charge is 0.414 e. The van der Waals surface area contributed by atoms with Crippen molar-refractivity contribution < 1.29 is 24.5 Å². The van der Waals surface area contributed by atoms with Gasteiger partial charge in [0.1, 0.15) is 0 Å². The molecule has 0 amide bonds. The number of hydrogen-bond acceptors (Lipinski definition) is 4. The third-order valence-corrected chi connectivity index (χ3v) is 0.350. The Hall–Kier alpha value is -1.14. The van der Waals surface area contributed by atoms with Crippen LogP contribution in [0, 0.1) is 0 Å². The van der Waals surface area contributed by atoms with E-state index in [9.17, 15) is 0 Å². The molecule has 0 atom stereocenters. The minimum Gasteiger partial charge on any atom is -0.473 e. The summed E-state index contributed by atoms with van der Waals surface area (Å²) < 4.78 is 4.32. The Kier molecular flexibility index (Phi) is 9.14. The molecule has 0 saturated heterocycles. The van der Waals surface area contributed by atoms with E-state index >= 15 is 0 Å². The molecule has 0 bridgehead atoms. The van der Waals surface area contributed by atoms with E-state index in [-0.39, 0.29) is 0 Å². The Bertz CT molecular complexity index is 98.2. The van der Waals surface area contributed by atoms with Gasteiger partial charge < -0.3 is 20.7 Å². The Morgan fingerprint density at radius 2 is 1.60 bits per heavy atom. The fraction of sp³-hybridized carbons (Fsp3) is 0.500. The van der Waals surface area contributed by atoms with Gasteiger partial charge in [0, 0.05) is 7.11 Å². The molecular weight excluding hydrogens is 142 g/mol. The van der Waals surface area contributed by atoms with Crippen molar-refractivity contribution in [2.45, 2.75) is 0 Å².